The van der Waals surface area contributed by atoms with E-state index < -0.39 is 6.10 Å². The summed E-state index contributed by atoms with van der Waals surface area (Å²) in [6.45, 7) is 2.74. The number of fused-ring (bicyclic) bond motifs is 1. The molecular weight excluding hydrogens is 444 g/mol. The summed E-state index contributed by atoms with van der Waals surface area (Å²) >= 11 is 0. The summed E-state index contributed by atoms with van der Waals surface area (Å²) in [5.74, 6) is 2.04. The van der Waals surface area contributed by atoms with Gasteiger partial charge in [0.2, 0.25) is 5.91 Å². The summed E-state index contributed by atoms with van der Waals surface area (Å²) in [5.41, 5.74) is 3.55. The number of hydrogen-bond acceptors (Lipinski definition) is 5. The fourth-order valence-electron chi connectivity index (χ4n) is 4.06. The minimum atomic E-state index is -0.581. The smallest absolute Gasteiger partial charge is 0.263 e. The van der Waals surface area contributed by atoms with Crippen LogP contribution in [0.5, 0.6) is 17.2 Å². The van der Waals surface area contributed by atoms with Crippen molar-refractivity contribution in [2.75, 3.05) is 26.1 Å². The molecule has 0 radical (unpaired) electrons. The molecule has 1 aliphatic heterocycles. The molecule has 0 spiro atoms. The Labute approximate surface area is 205 Å². The normalized spacial score (nSPS) is 15.0. The number of rotatable bonds is 8. The molecule has 7 heteroatoms. The highest BCUT2D eigenvalue weighted by molar-refractivity contribution is 5.92. The maximum Gasteiger partial charge on any atom is 0.263 e. The van der Waals surface area contributed by atoms with Crippen molar-refractivity contribution in [3.8, 4) is 17.2 Å². The number of carbonyl (C=O) groups excluding carboxylic acids is 2. The van der Waals surface area contributed by atoms with Crippen LogP contribution in [0.1, 0.15) is 23.6 Å². The van der Waals surface area contributed by atoms with E-state index in [1.807, 2.05) is 65.6 Å². The van der Waals surface area contributed by atoms with Gasteiger partial charge in [0.1, 0.15) is 17.2 Å². The van der Waals surface area contributed by atoms with E-state index in [4.69, 9.17) is 14.2 Å². The van der Waals surface area contributed by atoms with Gasteiger partial charge in [-0.05, 0) is 66.9 Å². The number of methoxy groups -OCH3 is 2. The number of benzene rings is 3. The molecule has 1 aliphatic rings. The Balaban J connectivity index is 1.43. The summed E-state index contributed by atoms with van der Waals surface area (Å²) in [7, 11) is 3.25. The van der Waals surface area contributed by atoms with Crippen LogP contribution in [-0.2, 0) is 29.0 Å². The summed E-state index contributed by atoms with van der Waals surface area (Å²) in [4.78, 5) is 27.4. The standard InChI is InChI=1S/C28H30N2O5/c1-19-28(32)30(15-14-20-4-9-24(33-2)10-5-20)18-22-17-23(8-13-26(22)35-19)29-27(31)16-21-6-11-25(34-3)12-7-21/h4-13,17,19H,14-16,18H2,1-3H3,(H,29,31). The Bertz CT molecular complexity index is 1170. The van der Waals surface area contributed by atoms with E-state index in [2.05, 4.69) is 5.32 Å². The van der Waals surface area contributed by atoms with Crippen LogP contribution in [0.2, 0.25) is 0 Å². The molecule has 0 bridgehead atoms. The molecule has 1 heterocycles. The van der Waals surface area contributed by atoms with Crippen molar-refractivity contribution >= 4 is 17.5 Å². The van der Waals surface area contributed by atoms with Gasteiger partial charge in [0, 0.05) is 24.3 Å². The molecule has 4 rings (SSSR count). The highest BCUT2D eigenvalue weighted by Gasteiger charge is 2.27. The SMILES string of the molecule is COc1ccc(CCN2Cc3cc(NC(=O)Cc4ccc(OC)cc4)ccc3OC(C)C2=O)cc1. The number of anilines is 1. The highest BCUT2D eigenvalue weighted by atomic mass is 16.5. The van der Waals surface area contributed by atoms with Gasteiger partial charge in [-0.3, -0.25) is 9.59 Å². The topological polar surface area (TPSA) is 77.1 Å². The predicted molar refractivity (Wildman–Crippen MR) is 134 cm³/mol. The third kappa shape index (κ3) is 6.12. The average molecular weight is 475 g/mol. The Morgan fingerprint density at radius 1 is 0.971 bits per heavy atom. The molecule has 7 nitrogen and oxygen atoms in total. The van der Waals surface area contributed by atoms with Crippen molar-refractivity contribution in [2.45, 2.75) is 32.4 Å². The molecule has 0 fully saturated rings. The lowest BCUT2D eigenvalue weighted by molar-refractivity contribution is -0.137. The van der Waals surface area contributed by atoms with Gasteiger partial charge < -0.3 is 24.4 Å². The van der Waals surface area contributed by atoms with Gasteiger partial charge in [-0.25, -0.2) is 0 Å². The molecule has 1 N–H and O–H groups in total. The van der Waals surface area contributed by atoms with Crippen LogP contribution < -0.4 is 19.5 Å². The fraction of sp³-hybridized carbons (Fsp3) is 0.286. The van der Waals surface area contributed by atoms with E-state index in [1.54, 1.807) is 27.2 Å². The van der Waals surface area contributed by atoms with Gasteiger partial charge in [-0.1, -0.05) is 24.3 Å². The first-order chi connectivity index (χ1) is 16.9. The lowest BCUT2D eigenvalue weighted by atomic mass is 10.1. The third-order valence-electron chi connectivity index (χ3n) is 6.02. The van der Waals surface area contributed by atoms with Crippen molar-refractivity contribution in [1.29, 1.82) is 0 Å². The minimum absolute atomic E-state index is 0.0557. The van der Waals surface area contributed by atoms with E-state index in [-0.39, 0.29) is 18.2 Å². The van der Waals surface area contributed by atoms with Crippen LogP contribution in [0.15, 0.2) is 66.7 Å². The van der Waals surface area contributed by atoms with Crippen LogP contribution >= 0.6 is 0 Å². The van der Waals surface area contributed by atoms with Crippen molar-refractivity contribution in [3.05, 3.63) is 83.4 Å². The Hall–Kier alpha value is -4.00. The lowest BCUT2D eigenvalue weighted by Gasteiger charge is -2.22. The molecule has 1 unspecified atom stereocenters. The van der Waals surface area contributed by atoms with Gasteiger partial charge in [0.05, 0.1) is 20.6 Å². The Morgan fingerprint density at radius 2 is 1.60 bits per heavy atom. The number of carbonyl (C=O) groups is 2. The first-order valence-electron chi connectivity index (χ1n) is 11.6. The number of hydrogen-bond donors (Lipinski definition) is 1. The summed E-state index contributed by atoms with van der Waals surface area (Å²) in [5, 5.41) is 2.95. The van der Waals surface area contributed by atoms with E-state index in [1.165, 1.54) is 0 Å². The average Bonchev–Trinajstić information content (AvgIpc) is 2.99. The van der Waals surface area contributed by atoms with Crippen LogP contribution in [-0.4, -0.2) is 43.6 Å². The maximum atomic E-state index is 12.9. The number of nitrogens with one attached hydrogen (secondary N) is 1. The molecule has 0 saturated carbocycles. The zero-order valence-electron chi connectivity index (χ0n) is 20.2. The van der Waals surface area contributed by atoms with Crippen molar-refractivity contribution in [2.24, 2.45) is 0 Å². The number of amides is 2. The molecular formula is C28H30N2O5. The second-order valence-corrected chi connectivity index (χ2v) is 8.51. The molecule has 182 valence electrons. The lowest BCUT2D eigenvalue weighted by Crippen LogP contribution is -2.39. The quantitative estimate of drug-likeness (QED) is 0.529. The second kappa shape index (κ2) is 11.0. The van der Waals surface area contributed by atoms with E-state index in [0.29, 0.717) is 24.5 Å². The van der Waals surface area contributed by atoms with Crippen LogP contribution in [0, 0.1) is 0 Å². The van der Waals surface area contributed by atoms with Gasteiger partial charge >= 0.3 is 0 Å². The number of nitrogens with zero attached hydrogens (tertiary/aromatic N) is 1. The largest absolute Gasteiger partial charge is 0.497 e. The van der Waals surface area contributed by atoms with Gasteiger partial charge in [-0.2, -0.15) is 0 Å². The first-order valence-corrected chi connectivity index (χ1v) is 11.6. The maximum absolute atomic E-state index is 12.9. The van der Waals surface area contributed by atoms with Crippen molar-refractivity contribution < 1.29 is 23.8 Å². The van der Waals surface area contributed by atoms with E-state index in [9.17, 15) is 9.59 Å². The molecule has 2 amide bonds. The van der Waals surface area contributed by atoms with E-state index >= 15 is 0 Å². The first kappa shape index (κ1) is 24.1. The zero-order chi connectivity index (χ0) is 24.8. The highest BCUT2D eigenvalue weighted by Crippen LogP contribution is 2.29. The van der Waals surface area contributed by atoms with Crippen molar-refractivity contribution in [3.63, 3.8) is 0 Å². The third-order valence-corrected chi connectivity index (χ3v) is 6.02. The molecule has 3 aromatic carbocycles. The molecule has 35 heavy (non-hydrogen) atoms. The molecule has 3 aromatic rings. The molecule has 0 aromatic heterocycles. The fourth-order valence-corrected chi connectivity index (χ4v) is 4.06. The van der Waals surface area contributed by atoms with Gasteiger partial charge in [0.15, 0.2) is 6.10 Å². The summed E-state index contributed by atoms with van der Waals surface area (Å²) < 4.78 is 16.3. The Morgan fingerprint density at radius 3 is 2.23 bits per heavy atom. The minimum Gasteiger partial charge on any atom is -0.497 e. The predicted octanol–water partition coefficient (Wildman–Crippen LogP) is 4.24. The zero-order valence-corrected chi connectivity index (χ0v) is 20.2. The molecule has 0 aliphatic carbocycles. The Kier molecular flexibility index (Phi) is 7.55. The van der Waals surface area contributed by atoms with Crippen LogP contribution in [0.25, 0.3) is 0 Å². The van der Waals surface area contributed by atoms with E-state index in [0.717, 1.165) is 34.6 Å². The summed E-state index contributed by atoms with van der Waals surface area (Å²) in [6, 6.07) is 20.8. The van der Waals surface area contributed by atoms with Gasteiger partial charge in [-0.15, -0.1) is 0 Å². The summed E-state index contributed by atoms with van der Waals surface area (Å²) in [6.07, 6.45) is 0.389. The van der Waals surface area contributed by atoms with Crippen LogP contribution in [0.3, 0.4) is 0 Å². The number of ether oxygens (including phenoxy) is 3. The van der Waals surface area contributed by atoms with Crippen LogP contribution in [0.4, 0.5) is 5.69 Å². The van der Waals surface area contributed by atoms with Crippen molar-refractivity contribution in [1.82, 2.24) is 4.90 Å². The second-order valence-electron chi connectivity index (χ2n) is 8.51. The molecule has 1 atom stereocenters. The molecule has 0 saturated heterocycles. The van der Waals surface area contributed by atoms with Gasteiger partial charge in [0.25, 0.3) is 5.91 Å². The monoisotopic (exact) mass is 474 g/mol.